The molecule has 2 rings (SSSR count). The summed E-state index contributed by atoms with van der Waals surface area (Å²) in [7, 11) is 1.64. The van der Waals surface area contributed by atoms with Crippen molar-refractivity contribution < 1.29 is 18.3 Å². The number of ether oxygens (including phenoxy) is 2. The third-order valence-electron chi connectivity index (χ3n) is 3.50. The van der Waals surface area contributed by atoms with E-state index >= 15 is 0 Å². The zero-order valence-corrected chi connectivity index (χ0v) is 18.4. The predicted octanol–water partition coefficient (Wildman–Crippen LogP) is 3.93. The molecular weight excluding hydrogens is 489 g/mol. The van der Waals surface area contributed by atoms with E-state index in [0.29, 0.717) is 24.7 Å². The van der Waals surface area contributed by atoms with Crippen LogP contribution >= 0.6 is 35.3 Å². The minimum absolute atomic E-state index is 0. The topological polar surface area (TPSA) is 67.8 Å². The Morgan fingerprint density at radius 1 is 1.30 bits per heavy atom. The van der Waals surface area contributed by atoms with Crippen LogP contribution in [0.3, 0.4) is 0 Å². The van der Waals surface area contributed by atoms with Crippen LogP contribution < -0.4 is 20.1 Å². The van der Waals surface area contributed by atoms with Gasteiger partial charge in [-0.05, 0) is 19.9 Å². The standard InChI is InChI=1S/C17H22F2N4O2S.HI/c1-4-24-13-7-5-6-12(15(13)25-16(18)19)8-21-17(20-3)22-9-14-11(2)23-10-26-14;/h5-7,10,16H,4,8-9H2,1-3H3,(H2,20,21,22);1H. The largest absolute Gasteiger partial charge is 0.490 e. The predicted molar refractivity (Wildman–Crippen MR) is 114 cm³/mol. The van der Waals surface area contributed by atoms with Gasteiger partial charge in [0, 0.05) is 24.0 Å². The molecule has 27 heavy (non-hydrogen) atoms. The highest BCUT2D eigenvalue weighted by Crippen LogP contribution is 2.32. The number of rotatable bonds is 8. The number of aryl methyl sites for hydroxylation is 1. The van der Waals surface area contributed by atoms with Gasteiger partial charge >= 0.3 is 6.61 Å². The Hall–Kier alpha value is -1.69. The average molecular weight is 512 g/mol. The molecule has 10 heteroatoms. The Kier molecular flexibility index (Phi) is 10.3. The second-order valence-electron chi connectivity index (χ2n) is 5.20. The summed E-state index contributed by atoms with van der Waals surface area (Å²) in [5.74, 6) is 0.864. The van der Waals surface area contributed by atoms with Crippen LogP contribution in [0.25, 0.3) is 0 Å². The highest BCUT2D eigenvalue weighted by Gasteiger charge is 2.16. The van der Waals surface area contributed by atoms with E-state index in [1.165, 1.54) is 0 Å². The number of para-hydroxylation sites is 1. The van der Waals surface area contributed by atoms with E-state index in [1.807, 2.05) is 6.92 Å². The van der Waals surface area contributed by atoms with E-state index in [-0.39, 0.29) is 42.0 Å². The Labute approximate surface area is 178 Å². The number of guanidine groups is 1. The number of nitrogens with one attached hydrogen (secondary N) is 2. The number of aliphatic imine (C=N–C) groups is 1. The van der Waals surface area contributed by atoms with Crippen molar-refractivity contribution in [3.8, 4) is 11.5 Å². The van der Waals surface area contributed by atoms with Crippen LogP contribution in [0.15, 0.2) is 28.7 Å². The highest BCUT2D eigenvalue weighted by atomic mass is 127. The van der Waals surface area contributed by atoms with E-state index in [9.17, 15) is 8.78 Å². The summed E-state index contributed by atoms with van der Waals surface area (Å²) in [5.41, 5.74) is 3.30. The molecule has 0 saturated carbocycles. The van der Waals surface area contributed by atoms with Gasteiger partial charge in [-0.15, -0.1) is 35.3 Å². The van der Waals surface area contributed by atoms with E-state index in [2.05, 4.69) is 25.3 Å². The van der Waals surface area contributed by atoms with Gasteiger partial charge < -0.3 is 20.1 Å². The summed E-state index contributed by atoms with van der Waals surface area (Å²) in [6, 6.07) is 5.04. The van der Waals surface area contributed by atoms with Crippen LogP contribution in [-0.2, 0) is 13.1 Å². The maximum atomic E-state index is 12.8. The maximum absolute atomic E-state index is 12.8. The zero-order valence-electron chi connectivity index (χ0n) is 15.3. The number of halogens is 3. The highest BCUT2D eigenvalue weighted by molar-refractivity contribution is 14.0. The molecule has 150 valence electrons. The van der Waals surface area contributed by atoms with Gasteiger partial charge in [-0.2, -0.15) is 8.78 Å². The number of hydrogen-bond donors (Lipinski definition) is 2. The van der Waals surface area contributed by atoms with Crippen molar-refractivity contribution >= 4 is 41.3 Å². The molecule has 1 heterocycles. The molecule has 0 amide bonds. The molecule has 0 aliphatic carbocycles. The molecular formula is C17H23F2IN4O2S. The first kappa shape index (κ1) is 23.3. The monoisotopic (exact) mass is 512 g/mol. The van der Waals surface area contributed by atoms with Crippen molar-refractivity contribution in [2.45, 2.75) is 33.5 Å². The van der Waals surface area contributed by atoms with Crippen molar-refractivity contribution in [2.24, 2.45) is 4.99 Å². The zero-order chi connectivity index (χ0) is 18.9. The second-order valence-corrected chi connectivity index (χ2v) is 6.14. The summed E-state index contributed by atoms with van der Waals surface area (Å²) in [6.07, 6.45) is 0. The van der Waals surface area contributed by atoms with Gasteiger partial charge in [0.15, 0.2) is 17.5 Å². The lowest BCUT2D eigenvalue weighted by molar-refractivity contribution is -0.0520. The Morgan fingerprint density at radius 2 is 2.04 bits per heavy atom. The van der Waals surface area contributed by atoms with Crippen LogP contribution in [0.1, 0.15) is 23.1 Å². The number of thiazole rings is 1. The van der Waals surface area contributed by atoms with Crippen LogP contribution in [-0.4, -0.2) is 31.2 Å². The molecule has 6 nitrogen and oxygen atoms in total. The minimum atomic E-state index is -2.93. The molecule has 0 atom stereocenters. The van der Waals surface area contributed by atoms with E-state index in [4.69, 9.17) is 4.74 Å². The molecule has 0 bridgehead atoms. The third kappa shape index (κ3) is 7.09. The SMILES string of the molecule is CCOc1cccc(CNC(=NC)NCc2scnc2C)c1OC(F)F.I. The number of alkyl halides is 2. The number of benzene rings is 1. The Morgan fingerprint density at radius 3 is 2.63 bits per heavy atom. The van der Waals surface area contributed by atoms with Gasteiger partial charge in [-0.25, -0.2) is 4.98 Å². The summed E-state index contributed by atoms with van der Waals surface area (Å²) < 4.78 is 35.6. The fourth-order valence-electron chi connectivity index (χ4n) is 2.25. The first-order chi connectivity index (χ1) is 12.5. The molecule has 0 saturated heterocycles. The summed E-state index contributed by atoms with van der Waals surface area (Å²) in [4.78, 5) is 9.44. The van der Waals surface area contributed by atoms with Gasteiger partial charge in [-0.3, -0.25) is 4.99 Å². The van der Waals surface area contributed by atoms with Gasteiger partial charge in [0.05, 0.1) is 24.4 Å². The van der Waals surface area contributed by atoms with Crippen LogP contribution in [0.5, 0.6) is 11.5 Å². The lowest BCUT2D eigenvalue weighted by Crippen LogP contribution is -2.36. The van der Waals surface area contributed by atoms with Gasteiger partial charge in [0.1, 0.15) is 0 Å². The molecule has 1 aromatic carbocycles. The van der Waals surface area contributed by atoms with E-state index in [0.717, 1.165) is 10.6 Å². The smallest absolute Gasteiger partial charge is 0.387 e. The van der Waals surface area contributed by atoms with Crippen LogP contribution in [0.4, 0.5) is 8.78 Å². The van der Waals surface area contributed by atoms with Crippen molar-refractivity contribution in [3.63, 3.8) is 0 Å². The lowest BCUT2D eigenvalue weighted by Gasteiger charge is -2.17. The molecule has 1 aromatic heterocycles. The Balaban J connectivity index is 0.00000364. The first-order valence-electron chi connectivity index (χ1n) is 8.08. The molecule has 0 aliphatic rings. The number of aromatic nitrogens is 1. The summed E-state index contributed by atoms with van der Waals surface area (Å²) >= 11 is 1.56. The molecule has 2 N–H and O–H groups in total. The third-order valence-corrected chi connectivity index (χ3v) is 4.43. The lowest BCUT2D eigenvalue weighted by atomic mass is 10.2. The summed E-state index contributed by atoms with van der Waals surface area (Å²) in [6.45, 7) is 1.98. The molecule has 2 aromatic rings. The Bertz CT molecular complexity index is 743. The normalized spacial score (nSPS) is 11.1. The number of hydrogen-bond acceptors (Lipinski definition) is 5. The fourth-order valence-corrected chi connectivity index (χ4v) is 2.97. The molecule has 0 radical (unpaired) electrons. The van der Waals surface area contributed by atoms with Crippen LogP contribution in [0.2, 0.25) is 0 Å². The van der Waals surface area contributed by atoms with Crippen molar-refractivity contribution in [1.29, 1.82) is 0 Å². The second kappa shape index (κ2) is 11.9. The molecule has 0 spiro atoms. The number of nitrogens with zero attached hydrogens (tertiary/aromatic N) is 2. The van der Waals surface area contributed by atoms with E-state index < -0.39 is 6.61 Å². The minimum Gasteiger partial charge on any atom is -0.490 e. The van der Waals surface area contributed by atoms with Crippen LogP contribution in [0, 0.1) is 6.92 Å². The van der Waals surface area contributed by atoms with Gasteiger partial charge in [0.2, 0.25) is 0 Å². The molecule has 0 fully saturated rings. The molecule has 0 aliphatic heterocycles. The van der Waals surface area contributed by atoms with Crippen molar-refractivity contribution in [1.82, 2.24) is 15.6 Å². The fraction of sp³-hybridized carbons (Fsp3) is 0.412. The van der Waals surface area contributed by atoms with Crippen molar-refractivity contribution in [3.05, 3.63) is 39.8 Å². The average Bonchev–Trinajstić information content (AvgIpc) is 3.02. The molecule has 0 unspecified atom stereocenters. The van der Waals surface area contributed by atoms with Gasteiger partial charge in [-0.1, -0.05) is 12.1 Å². The van der Waals surface area contributed by atoms with E-state index in [1.54, 1.807) is 49.0 Å². The quantitative estimate of drug-likeness (QED) is 0.319. The first-order valence-corrected chi connectivity index (χ1v) is 8.96. The van der Waals surface area contributed by atoms with Crippen molar-refractivity contribution in [2.75, 3.05) is 13.7 Å². The van der Waals surface area contributed by atoms with Gasteiger partial charge in [0.25, 0.3) is 0 Å². The summed E-state index contributed by atoms with van der Waals surface area (Å²) in [5, 5.41) is 6.27. The maximum Gasteiger partial charge on any atom is 0.387 e.